The Kier molecular flexibility index (Phi) is 3.16. The maximum absolute atomic E-state index is 3.77. The van der Waals surface area contributed by atoms with E-state index >= 15 is 0 Å². The molecule has 1 saturated carbocycles. The molecule has 1 N–H and O–H groups in total. The molecule has 1 nitrogen and oxygen atoms in total. The molecule has 0 aromatic rings. The minimum absolute atomic E-state index is 0.573. The molecule has 0 bridgehead atoms. The minimum Gasteiger partial charge on any atom is -0.311 e. The zero-order valence-corrected chi connectivity index (χ0v) is 9.81. The third kappa shape index (κ3) is 2.13. The van der Waals surface area contributed by atoms with Crippen LogP contribution in [0.1, 0.15) is 58.8 Å². The van der Waals surface area contributed by atoms with Crippen LogP contribution in [-0.2, 0) is 0 Å². The van der Waals surface area contributed by atoms with Crippen LogP contribution in [0.15, 0.2) is 0 Å². The SMILES string of the molecule is CC(C)C1CCCC2(CCCN2)CC1. The molecular formula is C13H25N. The summed E-state index contributed by atoms with van der Waals surface area (Å²) < 4.78 is 0. The van der Waals surface area contributed by atoms with Gasteiger partial charge in [0.2, 0.25) is 0 Å². The third-order valence-corrected chi connectivity index (χ3v) is 4.50. The Morgan fingerprint density at radius 2 is 1.86 bits per heavy atom. The van der Waals surface area contributed by atoms with Crippen molar-refractivity contribution in [1.29, 1.82) is 0 Å². The first-order chi connectivity index (χ1) is 6.72. The number of rotatable bonds is 1. The molecule has 0 aromatic carbocycles. The van der Waals surface area contributed by atoms with Gasteiger partial charge in [0, 0.05) is 5.54 Å². The standard InChI is InChI=1S/C13H25N/c1-11(2)12-5-3-7-13(9-6-12)8-4-10-14-13/h11-12,14H,3-10H2,1-2H3. The lowest BCUT2D eigenvalue weighted by atomic mass is 9.86. The van der Waals surface area contributed by atoms with Crippen LogP contribution >= 0.6 is 0 Å². The molecule has 1 aliphatic carbocycles. The lowest BCUT2D eigenvalue weighted by molar-refractivity contribution is 0.303. The average Bonchev–Trinajstić information content (AvgIpc) is 2.47. The number of hydrogen-bond acceptors (Lipinski definition) is 1. The Morgan fingerprint density at radius 1 is 1.07 bits per heavy atom. The quantitative estimate of drug-likeness (QED) is 0.676. The molecule has 0 aromatic heterocycles. The van der Waals surface area contributed by atoms with Crippen molar-refractivity contribution >= 4 is 0 Å². The van der Waals surface area contributed by atoms with Crippen LogP contribution in [-0.4, -0.2) is 12.1 Å². The first-order valence-electron chi connectivity index (χ1n) is 6.47. The summed E-state index contributed by atoms with van der Waals surface area (Å²) in [5.41, 5.74) is 0.573. The molecule has 2 atom stereocenters. The molecular weight excluding hydrogens is 170 g/mol. The van der Waals surface area contributed by atoms with Gasteiger partial charge in [-0.2, -0.15) is 0 Å². The van der Waals surface area contributed by atoms with Crippen LogP contribution < -0.4 is 5.32 Å². The highest BCUT2D eigenvalue weighted by atomic mass is 15.0. The highest BCUT2D eigenvalue weighted by molar-refractivity contribution is 4.95. The summed E-state index contributed by atoms with van der Waals surface area (Å²) >= 11 is 0. The van der Waals surface area contributed by atoms with E-state index < -0.39 is 0 Å². The summed E-state index contributed by atoms with van der Waals surface area (Å²) in [6.45, 7) is 6.06. The first kappa shape index (κ1) is 10.5. The van der Waals surface area contributed by atoms with E-state index in [9.17, 15) is 0 Å². The van der Waals surface area contributed by atoms with E-state index in [1.54, 1.807) is 0 Å². The Hall–Kier alpha value is -0.0400. The number of hydrogen-bond donors (Lipinski definition) is 1. The molecule has 2 fully saturated rings. The smallest absolute Gasteiger partial charge is 0.0182 e. The van der Waals surface area contributed by atoms with Crippen LogP contribution in [0.2, 0.25) is 0 Å². The second-order valence-electron chi connectivity index (χ2n) is 5.75. The van der Waals surface area contributed by atoms with E-state index in [1.165, 1.54) is 51.5 Å². The van der Waals surface area contributed by atoms with Crippen LogP contribution in [0.5, 0.6) is 0 Å². The first-order valence-corrected chi connectivity index (χ1v) is 6.47. The Morgan fingerprint density at radius 3 is 2.50 bits per heavy atom. The lowest BCUT2D eigenvalue weighted by Crippen LogP contribution is -2.38. The summed E-state index contributed by atoms with van der Waals surface area (Å²) in [5, 5.41) is 3.77. The average molecular weight is 195 g/mol. The van der Waals surface area contributed by atoms with Crippen LogP contribution in [0.25, 0.3) is 0 Å². The van der Waals surface area contributed by atoms with Crippen LogP contribution in [0.3, 0.4) is 0 Å². The fraction of sp³-hybridized carbons (Fsp3) is 1.00. The maximum Gasteiger partial charge on any atom is 0.0182 e. The molecule has 2 aliphatic rings. The maximum atomic E-state index is 3.77. The van der Waals surface area contributed by atoms with Crippen molar-refractivity contribution in [1.82, 2.24) is 5.32 Å². The van der Waals surface area contributed by atoms with Gasteiger partial charge >= 0.3 is 0 Å². The largest absolute Gasteiger partial charge is 0.311 e. The van der Waals surface area contributed by atoms with Gasteiger partial charge in [-0.1, -0.05) is 26.7 Å². The zero-order chi connectivity index (χ0) is 10.0. The predicted molar refractivity (Wildman–Crippen MR) is 61.4 cm³/mol. The number of nitrogens with one attached hydrogen (secondary N) is 1. The third-order valence-electron chi connectivity index (χ3n) is 4.50. The Balaban J connectivity index is 1.93. The van der Waals surface area contributed by atoms with E-state index in [-0.39, 0.29) is 0 Å². The van der Waals surface area contributed by atoms with E-state index in [1.807, 2.05) is 0 Å². The van der Waals surface area contributed by atoms with E-state index in [4.69, 9.17) is 0 Å². The highest BCUT2D eigenvalue weighted by Crippen LogP contribution is 2.38. The van der Waals surface area contributed by atoms with Crippen molar-refractivity contribution < 1.29 is 0 Å². The van der Waals surface area contributed by atoms with Crippen molar-refractivity contribution in [2.75, 3.05) is 6.54 Å². The van der Waals surface area contributed by atoms with Crippen molar-refractivity contribution in [2.24, 2.45) is 11.8 Å². The predicted octanol–water partition coefficient (Wildman–Crippen LogP) is 3.34. The zero-order valence-electron chi connectivity index (χ0n) is 9.81. The van der Waals surface area contributed by atoms with Gasteiger partial charge in [0.1, 0.15) is 0 Å². The molecule has 2 unspecified atom stereocenters. The van der Waals surface area contributed by atoms with Crippen molar-refractivity contribution in [3.63, 3.8) is 0 Å². The van der Waals surface area contributed by atoms with Gasteiger partial charge < -0.3 is 5.32 Å². The molecule has 2 rings (SSSR count). The Bertz CT molecular complexity index is 180. The summed E-state index contributed by atoms with van der Waals surface area (Å²) in [6, 6.07) is 0. The van der Waals surface area contributed by atoms with E-state index in [0.29, 0.717) is 5.54 Å². The molecule has 0 radical (unpaired) electrons. The molecule has 1 heteroatoms. The van der Waals surface area contributed by atoms with Gasteiger partial charge in [0.05, 0.1) is 0 Å². The fourth-order valence-electron chi connectivity index (χ4n) is 3.40. The lowest BCUT2D eigenvalue weighted by Gasteiger charge is -2.28. The summed E-state index contributed by atoms with van der Waals surface area (Å²) in [5.74, 6) is 1.89. The monoisotopic (exact) mass is 195 g/mol. The van der Waals surface area contributed by atoms with Crippen molar-refractivity contribution in [3.05, 3.63) is 0 Å². The van der Waals surface area contributed by atoms with Crippen LogP contribution in [0, 0.1) is 11.8 Å². The normalized spacial score (nSPS) is 39.2. The molecule has 1 aliphatic heterocycles. The van der Waals surface area contributed by atoms with Crippen molar-refractivity contribution in [2.45, 2.75) is 64.3 Å². The molecule has 0 amide bonds. The van der Waals surface area contributed by atoms with Gasteiger partial charge in [0.15, 0.2) is 0 Å². The minimum atomic E-state index is 0.573. The summed E-state index contributed by atoms with van der Waals surface area (Å²) in [6.07, 6.45) is 10.1. The summed E-state index contributed by atoms with van der Waals surface area (Å²) in [7, 11) is 0. The van der Waals surface area contributed by atoms with Gasteiger partial charge in [-0.15, -0.1) is 0 Å². The van der Waals surface area contributed by atoms with E-state index in [2.05, 4.69) is 19.2 Å². The molecule has 14 heavy (non-hydrogen) atoms. The summed E-state index contributed by atoms with van der Waals surface area (Å²) in [4.78, 5) is 0. The van der Waals surface area contributed by atoms with Gasteiger partial charge in [-0.3, -0.25) is 0 Å². The fourth-order valence-corrected chi connectivity index (χ4v) is 3.40. The second kappa shape index (κ2) is 4.22. The van der Waals surface area contributed by atoms with Crippen LogP contribution in [0.4, 0.5) is 0 Å². The second-order valence-corrected chi connectivity index (χ2v) is 5.75. The topological polar surface area (TPSA) is 12.0 Å². The van der Waals surface area contributed by atoms with E-state index in [0.717, 1.165) is 11.8 Å². The van der Waals surface area contributed by atoms with Crippen molar-refractivity contribution in [3.8, 4) is 0 Å². The van der Waals surface area contributed by atoms with Gasteiger partial charge in [-0.25, -0.2) is 0 Å². The molecule has 1 spiro atoms. The molecule has 82 valence electrons. The molecule has 1 saturated heterocycles. The van der Waals surface area contributed by atoms with Gasteiger partial charge in [0.25, 0.3) is 0 Å². The highest BCUT2D eigenvalue weighted by Gasteiger charge is 2.35. The Labute approximate surface area is 88.7 Å². The van der Waals surface area contributed by atoms with Gasteiger partial charge in [-0.05, 0) is 50.5 Å². The molecule has 1 heterocycles.